The second kappa shape index (κ2) is 10.1. The van der Waals surface area contributed by atoms with Crippen molar-refractivity contribution in [3.8, 4) is 5.75 Å². The van der Waals surface area contributed by atoms with Crippen molar-refractivity contribution in [3.05, 3.63) is 114 Å². The number of carbonyl (C=O) groups excluding carboxylic acids is 4. The van der Waals surface area contributed by atoms with Crippen molar-refractivity contribution in [2.75, 3.05) is 9.80 Å². The fraction of sp³-hybridized carbons (Fsp3) is 0.222. The lowest BCUT2D eigenvalue weighted by Gasteiger charge is -2.44. The quantitative estimate of drug-likeness (QED) is 0.313. The van der Waals surface area contributed by atoms with Crippen LogP contribution in [0.3, 0.4) is 0 Å². The third kappa shape index (κ3) is 4.02. The van der Waals surface area contributed by atoms with Gasteiger partial charge in [0.1, 0.15) is 5.75 Å². The van der Waals surface area contributed by atoms with E-state index >= 15 is 0 Å². The number of benzene rings is 3. The van der Waals surface area contributed by atoms with Crippen LogP contribution in [0.5, 0.6) is 5.75 Å². The zero-order chi connectivity index (χ0) is 30.0. The van der Waals surface area contributed by atoms with Gasteiger partial charge in [-0.05, 0) is 71.8 Å². The summed E-state index contributed by atoms with van der Waals surface area (Å²) in [6, 6.07) is 21.0. The maximum absolute atomic E-state index is 14.1. The first-order chi connectivity index (χ1) is 20.8. The summed E-state index contributed by atoms with van der Waals surface area (Å²) in [5.41, 5.74) is 4.48. The molecule has 2 heterocycles. The normalized spacial score (nSPS) is 27.9. The number of hydrogen-bond donors (Lipinski definition) is 1. The maximum atomic E-state index is 14.1. The summed E-state index contributed by atoms with van der Waals surface area (Å²) in [6.45, 7) is 7.55. The SMILES string of the molecule is C=Cc1ccc(N2C(=O)[C@H]3[C@H](CC=C4[C@H]3C[C@H]3C(=O)N(c5ccc(C=C)cc5)C(=O)[C@H]3[C@H]4c3ccc(O)cc3)C2=O)cc1. The Kier molecular flexibility index (Phi) is 6.27. The van der Waals surface area contributed by atoms with Crippen LogP contribution >= 0.6 is 0 Å². The average molecular weight is 571 g/mol. The van der Waals surface area contributed by atoms with E-state index in [9.17, 15) is 24.3 Å². The van der Waals surface area contributed by atoms with Crippen LogP contribution in [0.15, 0.2) is 97.6 Å². The van der Waals surface area contributed by atoms with Crippen LogP contribution in [-0.2, 0) is 19.2 Å². The Labute approximate surface area is 249 Å². The number of phenolic OH excluding ortho intramolecular Hbond substituents is 1. The van der Waals surface area contributed by atoms with E-state index in [1.165, 1.54) is 9.80 Å². The Hall–Kier alpha value is -5.04. The Balaban J connectivity index is 1.30. The molecule has 43 heavy (non-hydrogen) atoms. The van der Waals surface area contributed by atoms with Gasteiger partial charge in [-0.2, -0.15) is 0 Å². The molecule has 3 aromatic rings. The number of carbonyl (C=O) groups is 4. The number of hydrogen-bond acceptors (Lipinski definition) is 5. The lowest BCUT2D eigenvalue weighted by atomic mass is 9.57. The lowest BCUT2D eigenvalue weighted by Crippen LogP contribution is -2.43. The Morgan fingerprint density at radius 3 is 1.67 bits per heavy atom. The minimum absolute atomic E-state index is 0.0952. The van der Waals surface area contributed by atoms with Crippen molar-refractivity contribution in [1.29, 1.82) is 0 Å². The van der Waals surface area contributed by atoms with Crippen molar-refractivity contribution in [1.82, 2.24) is 0 Å². The van der Waals surface area contributed by atoms with Gasteiger partial charge in [0, 0.05) is 5.92 Å². The molecule has 0 bridgehead atoms. The molecule has 0 aromatic heterocycles. The van der Waals surface area contributed by atoms with E-state index in [-0.39, 0.29) is 35.3 Å². The molecular formula is C36H30N2O5. The molecule has 2 aliphatic carbocycles. The van der Waals surface area contributed by atoms with Gasteiger partial charge >= 0.3 is 0 Å². The number of anilines is 2. The molecule has 0 unspecified atom stereocenters. The van der Waals surface area contributed by atoms with Gasteiger partial charge in [-0.25, -0.2) is 0 Å². The van der Waals surface area contributed by atoms with E-state index in [0.29, 0.717) is 24.2 Å². The zero-order valence-corrected chi connectivity index (χ0v) is 23.4. The highest BCUT2D eigenvalue weighted by molar-refractivity contribution is 6.24. The molecule has 3 fully saturated rings. The monoisotopic (exact) mass is 570 g/mol. The molecule has 214 valence electrons. The largest absolute Gasteiger partial charge is 0.508 e. The number of fused-ring (bicyclic) bond motifs is 4. The highest BCUT2D eigenvalue weighted by atomic mass is 16.3. The Morgan fingerprint density at radius 1 is 0.628 bits per heavy atom. The minimum atomic E-state index is -0.662. The molecule has 4 aliphatic rings. The molecule has 7 nitrogen and oxygen atoms in total. The zero-order valence-electron chi connectivity index (χ0n) is 23.4. The number of aromatic hydroxyl groups is 1. The summed E-state index contributed by atoms with van der Waals surface area (Å²) < 4.78 is 0. The third-order valence-electron chi connectivity index (χ3n) is 9.67. The van der Waals surface area contributed by atoms with Crippen molar-refractivity contribution < 1.29 is 24.3 Å². The minimum Gasteiger partial charge on any atom is -0.508 e. The van der Waals surface area contributed by atoms with Gasteiger partial charge in [0.15, 0.2) is 0 Å². The first-order valence-electron chi connectivity index (χ1n) is 14.5. The molecule has 3 aromatic carbocycles. The molecule has 7 rings (SSSR count). The lowest BCUT2D eigenvalue weighted by molar-refractivity contribution is -0.126. The molecule has 7 heteroatoms. The number of nitrogens with zero attached hydrogens (tertiary/aromatic N) is 2. The molecule has 2 saturated heterocycles. The predicted molar refractivity (Wildman–Crippen MR) is 164 cm³/mol. The van der Waals surface area contributed by atoms with Gasteiger partial charge in [-0.1, -0.05) is 73.4 Å². The summed E-state index contributed by atoms with van der Waals surface area (Å²) in [5.74, 6) is -4.32. The van der Waals surface area contributed by atoms with Gasteiger partial charge in [0.2, 0.25) is 23.6 Å². The van der Waals surface area contributed by atoms with E-state index in [4.69, 9.17) is 0 Å². The van der Waals surface area contributed by atoms with E-state index in [0.717, 1.165) is 22.3 Å². The molecule has 0 radical (unpaired) electrons. The molecule has 1 saturated carbocycles. The molecule has 0 spiro atoms. The Morgan fingerprint density at radius 2 is 1.14 bits per heavy atom. The number of imide groups is 2. The number of phenols is 1. The first-order valence-corrected chi connectivity index (χ1v) is 14.5. The summed E-state index contributed by atoms with van der Waals surface area (Å²) in [4.78, 5) is 58.5. The van der Waals surface area contributed by atoms with Crippen LogP contribution in [-0.4, -0.2) is 28.7 Å². The summed E-state index contributed by atoms with van der Waals surface area (Å²) in [6.07, 6.45) is 6.10. The highest BCUT2D eigenvalue weighted by Crippen LogP contribution is 2.58. The molecule has 2 aliphatic heterocycles. The van der Waals surface area contributed by atoms with Crippen LogP contribution in [0.1, 0.15) is 35.4 Å². The van der Waals surface area contributed by atoms with Crippen molar-refractivity contribution in [2.24, 2.45) is 29.6 Å². The standard InChI is InChI=1S/C36H30N2O5/c1-3-20-5-11-23(12-6-20)37-33(40)27-18-17-26-28(31(27)35(37)42)19-29-32(30(26)22-9-15-25(39)16-10-22)36(43)38(34(29)41)24-13-7-21(4-2)8-14-24/h3-17,27-32,39H,1-2,18-19H2/t27-,28+,29+,30-,31-,32+/m0/s1. The topological polar surface area (TPSA) is 95.0 Å². The second-order valence-electron chi connectivity index (χ2n) is 11.7. The average Bonchev–Trinajstić information content (AvgIpc) is 3.44. The fourth-order valence-corrected chi connectivity index (χ4v) is 7.67. The van der Waals surface area contributed by atoms with Crippen molar-refractivity contribution >= 4 is 47.2 Å². The van der Waals surface area contributed by atoms with E-state index in [1.807, 2.05) is 30.3 Å². The number of rotatable bonds is 5. The fourth-order valence-electron chi connectivity index (χ4n) is 7.67. The predicted octanol–water partition coefficient (Wildman–Crippen LogP) is 5.72. The van der Waals surface area contributed by atoms with Crippen molar-refractivity contribution in [3.63, 3.8) is 0 Å². The van der Waals surface area contributed by atoms with Gasteiger partial charge in [0.05, 0.1) is 35.0 Å². The smallest absolute Gasteiger partial charge is 0.238 e. The van der Waals surface area contributed by atoms with Crippen LogP contribution in [0.25, 0.3) is 12.2 Å². The van der Waals surface area contributed by atoms with Gasteiger partial charge in [0.25, 0.3) is 0 Å². The Bertz CT molecular complexity index is 1720. The number of amides is 4. The molecule has 6 atom stereocenters. The van der Waals surface area contributed by atoms with Gasteiger partial charge in [-0.15, -0.1) is 0 Å². The molecule has 4 amide bonds. The van der Waals surface area contributed by atoms with Crippen LogP contribution < -0.4 is 9.80 Å². The van der Waals surface area contributed by atoms with E-state index < -0.39 is 29.6 Å². The molecule has 1 N–H and O–H groups in total. The van der Waals surface area contributed by atoms with E-state index in [2.05, 4.69) is 13.2 Å². The highest BCUT2D eigenvalue weighted by Gasteiger charge is 2.62. The van der Waals surface area contributed by atoms with Crippen LogP contribution in [0.4, 0.5) is 11.4 Å². The summed E-state index contributed by atoms with van der Waals surface area (Å²) in [7, 11) is 0. The van der Waals surface area contributed by atoms with Crippen molar-refractivity contribution in [2.45, 2.75) is 18.8 Å². The van der Waals surface area contributed by atoms with Crippen LogP contribution in [0, 0.1) is 29.6 Å². The van der Waals surface area contributed by atoms with E-state index in [1.54, 1.807) is 60.7 Å². The third-order valence-corrected chi connectivity index (χ3v) is 9.67. The molecular weight excluding hydrogens is 540 g/mol. The first kappa shape index (κ1) is 26.8. The van der Waals surface area contributed by atoms with Gasteiger partial charge < -0.3 is 5.11 Å². The van der Waals surface area contributed by atoms with Gasteiger partial charge in [-0.3, -0.25) is 29.0 Å². The number of allylic oxidation sites excluding steroid dienone is 2. The summed E-state index contributed by atoms with van der Waals surface area (Å²) in [5, 5.41) is 10.0. The van der Waals surface area contributed by atoms with Crippen LogP contribution in [0.2, 0.25) is 0 Å². The second-order valence-corrected chi connectivity index (χ2v) is 11.7. The maximum Gasteiger partial charge on any atom is 0.238 e. The summed E-state index contributed by atoms with van der Waals surface area (Å²) >= 11 is 0.